The molecule has 2 atom stereocenters. The lowest BCUT2D eigenvalue weighted by Gasteiger charge is -2.29. The van der Waals surface area contributed by atoms with E-state index in [4.69, 9.17) is 42.0 Å². The van der Waals surface area contributed by atoms with Gasteiger partial charge in [-0.15, -0.1) is 0 Å². The molecule has 0 saturated carbocycles. The van der Waals surface area contributed by atoms with Gasteiger partial charge in [-0.05, 0) is 66.1 Å². The Balaban J connectivity index is 1.85. The quantitative estimate of drug-likeness (QED) is 0.139. The highest BCUT2D eigenvalue weighted by molar-refractivity contribution is 7.48. The number of rotatable bonds is 14. The first kappa shape index (κ1) is 29.3. The third-order valence-corrected chi connectivity index (χ3v) is 6.27. The van der Waals surface area contributed by atoms with E-state index in [-0.39, 0.29) is 18.2 Å². The lowest BCUT2D eigenvalue weighted by Crippen LogP contribution is -2.30. The number of hydrogen-bond donors (Lipinski definition) is 0. The minimum absolute atomic E-state index is 0.181. The molecule has 0 aromatic carbocycles. The van der Waals surface area contributed by atoms with E-state index in [0.717, 1.165) is 19.4 Å². The predicted molar refractivity (Wildman–Crippen MR) is 120 cm³/mol. The van der Waals surface area contributed by atoms with Crippen LogP contribution in [-0.4, -0.2) is 76.2 Å². The summed E-state index contributed by atoms with van der Waals surface area (Å²) in [4.78, 5) is 24.9. The SMILES string of the molecule is CC(C)OC(=O)OCOCOP(=O)(OCOCOC(=O)OC(C)C)OC1=CC2C(CC1)CCN2C. The van der Waals surface area contributed by atoms with Gasteiger partial charge in [0.05, 0.1) is 12.2 Å². The fourth-order valence-electron chi connectivity index (χ4n) is 3.44. The zero-order chi connectivity index (χ0) is 25.8. The summed E-state index contributed by atoms with van der Waals surface area (Å²) in [6, 6.07) is 0.181. The van der Waals surface area contributed by atoms with Gasteiger partial charge in [0.2, 0.25) is 0 Å². The smallest absolute Gasteiger partial charge is 0.432 e. The van der Waals surface area contributed by atoms with E-state index in [1.54, 1.807) is 27.7 Å². The van der Waals surface area contributed by atoms with E-state index in [1.165, 1.54) is 0 Å². The molecule has 1 aliphatic carbocycles. The van der Waals surface area contributed by atoms with E-state index in [2.05, 4.69) is 4.90 Å². The van der Waals surface area contributed by atoms with Crippen molar-refractivity contribution in [2.45, 2.75) is 65.2 Å². The maximum Gasteiger partial charge on any atom is 0.534 e. The number of fused-ring (bicyclic) bond motifs is 1. The molecule has 1 heterocycles. The molecule has 0 bridgehead atoms. The van der Waals surface area contributed by atoms with Gasteiger partial charge in [-0.3, -0.25) is 4.90 Å². The molecule has 202 valence electrons. The van der Waals surface area contributed by atoms with E-state index < -0.39 is 47.3 Å². The van der Waals surface area contributed by atoms with Crippen molar-refractivity contribution in [1.29, 1.82) is 0 Å². The average molecular weight is 525 g/mol. The topological polar surface area (TPSA) is 138 Å². The van der Waals surface area contributed by atoms with Crippen molar-refractivity contribution in [3.05, 3.63) is 11.8 Å². The molecule has 1 fully saturated rings. The lowest BCUT2D eigenvalue weighted by molar-refractivity contribution is -0.114. The van der Waals surface area contributed by atoms with Gasteiger partial charge in [0, 0.05) is 12.5 Å². The molecule has 1 saturated heterocycles. The van der Waals surface area contributed by atoms with Crippen LogP contribution in [0.15, 0.2) is 11.8 Å². The summed E-state index contributed by atoms with van der Waals surface area (Å²) in [6.45, 7) is 5.53. The molecule has 0 amide bonds. The Morgan fingerprint density at radius 2 is 1.49 bits per heavy atom. The molecule has 1 aliphatic heterocycles. The molecule has 0 spiro atoms. The van der Waals surface area contributed by atoms with Crippen molar-refractivity contribution >= 4 is 20.1 Å². The van der Waals surface area contributed by atoms with Crippen LogP contribution in [0.1, 0.15) is 47.0 Å². The molecule has 13 nitrogen and oxygen atoms in total. The highest BCUT2D eigenvalue weighted by atomic mass is 31.2. The van der Waals surface area contributed by atoms with Gasteiger partial charge in [-0.2, -0.15) is 0 Å². The van der Waals surface area contributed by atoms with E-state index in [9.17, 15) is 14.2 Å². The number of likely N-dealkylation sites (N-methyl/N-ethyl adjacent to an activating group) is 1. The van der Waals surface area contributed by atoms with Gasteiger partial charge >= 0.3 is 20.1 Å². The van der Waals surface area contributed by atoms with Crippen LogP contribution in [0.25, 0.3) is 0 Å². The number of ether oxygens (including phenoxy) is 6. The molecular weight excluding hydrogens is 489 g/mol. The van der Waals surface area contributed by atoms with Crippen molar-refractivity contribution in [3.8, 4) is 0 Å². The number of likely N-dealkylation sites (tertiary alicyclic amines) is 1. The highest BCUT2D eigenvalue weighted by Crippen LogP contribution is 2.53. The number of allylic oxidation sites excluding steroid dienone is 1. The summed E-state index contributed by atoms with van der Waals surface area (Å²) in [5.41, 5.74) is 0. The molecular formula is C21H36NO12P. The third-order valence-electron chi connectivity index (χ3n) is 4.96. The number of hydrogen-bond acceptors (Lipinski definition) is 13. The van der Waals surface area contributed by atoms with E-state index in [1.807, 2.05) is 13.1 Å². The Bertz CT molecular complexity index is 723. The van der Waals surface area contributed by atoms with Crippen LogP contribution in [0.4, 0.5) is 9.59 Å². The summed E-state index contributed by atoms with van der Waals surface area (Å²) in [5.74, 6) is 0.989. The summed E-state index contributed by atoms with van der Waals surface area (Å²) in [7, 11) is -2.18. The summed E-state index contributed by atoms with van der Waals surface area (Å²) < 4.78 is 58.3. The number of carbonyl (C=O) groups excluding carboxylic acids is 2. The Kier molecular flexibility index (Phi) is 12.3. The van der Waals surface area contributed by atoms with Crippen LogP contribution in [0.2, 0.25) is 0 Å². The Morgan fingerprint density at radius 3 is 2.00 bits per heavy atom. The van der Waals surface area contributed by atoms with Crippen LogP contribution in [-0.2, 0) is 46.6 Å². The van der Waals surface area contributed by atoms with Crippen LogP contribution in [0.5, 0.6) is 0 Å². The summed E-state index contributed by atoms with van der Waals surface area (Å²) >= 11 is 0. The summed E-state index contributed by atoms with van der Waals surface area (Å²) in [5, 5.41) is 0. The molecule has 2 aliphatic rings. The van der Waals surface area contributed by atoms with Crippen LogP contribution >= 0.6 is 7.82 Å². The largest absolute Gasteiger partial charge is 0.534 e. The molecule has 2 unspecified atom stereocenters. The minimum Gasteiger partial charge on any atom is -0.432 e. The van der Waals surface area contributed by atoms with E-state index in [0.29, 0.717) is 18.1 Å². The van der Waals surface area contributed by atoms with Gasteiger partial charge in [0.25, 0.3) is 0 Å². The number of carbonyl (C=O) groups is 2. The number of nitrogens with zero attached hydrogens (tertiary/aromatic N) is 1. The van der Waals surface area contributed by atoms with Crippen molar-refractivity contribution in [2.75, 3.05) is 40.8 Å². The molecule has 2 rings (SSSR count). The second-order valence-corrected chi connectivity index (χ2v) is 10.1. The van der Waals surface area contributed by atoms with Gasteiger partial charge in [-0.25, -0.2) is 23.2 Å². The zero-order valence-corrected chi connectivity index (χ0v) is 21.7. The van der Waals surface area contributed by atoms with Gasteiger partial charge in [0.1, 0.15) is 5.76 Å². The Morgan fingerprint density at radius 1 is 0.943 bits per heavy atom. The van der Waals surface area contributed by atoms with Gasteiger partial charge < -0.3 is 32.9 Å². The monoisotopic (exact) mass is 525 g/mol. The van der Waals surface area contributed by atoms with Gasteiger partial charge in [0.15, 0.2) is 27.2 Å². The lowest BCUT2D eigenvalue weighted by atomic mass is 9.89. The third kappa shape index (κ3) is 11.1. The second-order valence-electron chi connectivity index (χ2n) is 8.49. The average Bonchev–Trinajstić information content (AvgIpc) is 3.12. The van der Waals surface area contributed by atoms with Crippen LogP contribution in [0, 0.1) is 5.92 Å². The molecule has 35 heavy (non-hydrogen) atoms. The highest BCUT2D eigenvalue weighted by Gasteiger charge is 2.37. The second kappa shape index (κ2) is 14.6. The molecule has 14 heteroatoms. The minimum atomic E-state index is -4.20. The number of phosphoric ester groups is 1. The van der Waals surface area contributed by atoms with Crippen molar-refractivity contribution in [3.63, 3.8) is 0 Å². The fraction of sp³-hybridized carbons (Fsp3) is 0.810. The molecule has 0 N–H and O–H groups in total. The maximum atomic E-state index is 13.2. The first-order chi connectivity index (χ1) is 16.6. The van der Waals surface area contributed by atoms with E-state index >= 15 is 0 Å². The van der Waals surface area contributed by atoms with Crippen molar-refractivity contribution < 1.29 is 56.1 Å². The predicted octanol–water partition coefficient (Wildman–Crippen LogP) is 4.13. The standard InChI is InChI=1S/C21H36NO12P/c1-15(2)32-20(23)28-11-26-13-30-35(25,31-14-27-12-29-21(24)33-16(3)4)34-18-7-6-17-8-9-22(5)19(17)10-18/h10,15-17,19H,6-9,11-14H2,1-5H3. The van der Waals surface area contributed by atoms with Crippen LogP contribution in [0.3, 0.4) is 0 Å². The van der Waals surface area contributed by atoms with Crippen molar-refractivity contribution in [1.82, 2.24) is 4.90 Å². The first-order valence-electron chi connectivity index (χ1n) is 11.4. The number of phosphoric acid groups is 1. The fourth-order valence-corrected chi connectivity index (χ4v) is 4.47. The summed E-state index contributed by atoms with van der Waals surface area (Å²) in [6.07, 6.45) is 1.94. The Labute approximate surface area is 205 Å². The van der Waals surface area contributed by atoms with Crippen molar-refractivity contribution in [2.24, 2.45) is 5.92 Å². The zero-order valence-electron chi connectivity index (χ0n) is 20.8. The van der Waals surface area contributed by atoms with Gasteiger partial charge in [-0.1, -0.05) is 0 Å². The first-order valence-corrected chi connectivity index (χ1v) is 12.9. The molecule has 0 radical (unpaired) electrons. The van der Waals surface area contributed by atoms with Crippen LogP contribution < -0.4 is 0 Å². The molecule has 0 aromatic rings. The molecule has 0 aromatic heterocycles. The Hall–Kier alpha value is -1.89. The maximum absolute atomic E-state index is 13.2. The normalized spacial score (nSPS) is 20.4.